The molecule has 1 heterocycles. The van der Waals surface area contributed by atoms with Gasteiger partial charge in [0.1, 0.15) is 0 Å². The predicted octanol–water partition coefficient (Wildman–Crippen LogP) is 13.2. The first-order valence-corrected chi connectivity index (χ1v) is 18.3. The molecule has 0 bridgehead atoms. The molecule has 1 aromatic heterocycles. The van der Waals surface area contributed by atoms with Crippen LogP contribution in [-0.4, -0.2) is 4.57 Å². The van der Waals surface area contributed by atoms with Crippen LogP contribution in [-0.2, 0) is 5.41 Å². The maximum absolute atomic E-state index is 3.81. The lowest BCUT2D eigenvalue weighted by atomic mass is 9.68. The summed E-state index contributed by atoms with van der Waals surface area (Å²) in [6.07, 6.45) is 0. The molecule has 0 atom stereocenters. The summed E-state index contributed by atoms with van der Waals surface area (Å²) >= 11 is 3.81. The van der Waals surface area contributed by atoms with E-state index in [0.29, 0.717) is 0 Å². The van der Waals surface area contributed by atoms with Gasteiger partial charge in [-0.3, -0.25) is 0 Å². The molecule has 9 aromatic rings. The highest BCUT2D eigenvalue weighted by Crippen LogP contribution is 2.56. The van der Waals surface area contributed by atoms with Crippen molar-refractivity contribution in [2.45, 2.75) is 5.41 Å². The summed E-state index contributed by atoms with van der Waals surface area (Å²) in [6.45, 7) is 0. The fourth-order valence-corrected chi connectivity index (χ4v) is 9.14. The first-order valence-electron chi connectivity index (χ1n) is 17.5. The smallest absolute Gasteiger partial charge is 0.0713 e. The van der Waals surface area contributed by atoms with Gasteiger partial charge in [-0.2, -0.15) is 0 Å². The second-order valence-electron chi connectivity index (χ2n) is 13.4. The summed E-state index contributed by atoms with van der Waals surface area (Å²) in [6, 6.07) is 71.1. The molecule has 1 nitrogen and oxygen atoms in total. The maximum Gasteiger partial charge on any atom is 0.0713 e. The number of hydrogen-bond acceptors (Lipinski definition) is 0. The molecule has 0 saturated carbocycles. The minimum atomic E-state index is -0.420. The Labute approximate surface area is 306 Å². The Kier molecular flexibility index (Phi) is 6.94. The number of fused-ring (bicyclic) bond motifs is 6. The number of halogens is 1. The number of aromatic nitrogens is 1. The molecular weight excluding hydrogens is 682 g/mol. The maximum atomic E-state index is 3.81. The summed E-state index contributed by atoms with van der Waals surface area (Å²) in [4.78, 5) is 0. The zero-order valence-corrected chi connectivity index (χ0v) is 29.4. The lowest BCUT2D eigenvalue weighted by molar-refractivity contribution is 0.768. The molecule has 1 aliphatic carbocycles. The van der Waals surface area contributed by atoms with E-state index < -0.39 is 5.41 Å². The van der Waals surface area contributed by atoms with E-state index in [1.807, 2.05) is 0 Å². The summed E-state index contributed by atoms with van der Waals surface area (Å²) in [5.41, 5.74) is 15.7. The van der Waals surface area contributed by atoms with Crippen LogP contribution in [0.1, 0.15) is 22.3 Å². The number of benzene rings is 8. The number of rotatable bonds is 5. The highest BCUT2D eigenvalue weighted by atomic mass is 79.9. The molecule has 0 amide bonds. The van der Waals surface area contributed by atoms with Gasteiger partial charge in [0, 0.05) is 20.9 Å². The van der Waals surface area contributed by atoms with Gasteiger partial charge < -0.3 is 4.57 Å². The second kappa shape index (κ2) is 11.8. The largest absolute Gasteiger partial charge is 0.309 e. The van der Waals surface area contributed by atoms with E-state index in [9.17, 15) is 0 Å². The minimum absolute atomic E-state index is 0.420. The van der Waals surface area contributed by atoms with Gasteiger partial charge in [0.05, 0.1) is 16.4 Å². The molecule has 0 fully saturated rings. The summed E-state index contributed by atoms with van der Waals surface area (Å²) in [5.74, 6) is 0. The molecule has 240 valence electrons. The van der Waals surface area contributed by atoms with Crippen molar-refractivity contribution in [3.05, 3.63) is 221 Å². The van der Waals surface area contributed by atoms with Crippen molar-refractivity contribution >= 4 is 37.7 Å². The van der Waals surface area contributed by atoms with Crippen molar-refractivity contribution < 1.29 is 0 Å². The molecule has 0 spiro atoms. The van der Waals surface area contributed by atoms with Crippen LogP contribution in [0.3, 0.4) is 0 Å². The van der Waals surface area contributed by atoms with Crippen LogP contribution in [0.15, 0.2) is 199 Å². The molecule has 1 aliphatic rings. The zero-order valence-electron chi connectivity index (χ0n) is 27.8. The lowest BCUT2D eigenvalue weighted by Crippen LogP contribution is -2.28. The van der Waals surface area contributed by atoms with Crippen LogP contribution in [0.2, 0.25) is 0 Å². The summed E-state index contributed by atoms with van der Waals surface area (Å²) in [7, 11) is 0. The molecule has 51 heavy (non-hydrogen) atoms. The van der Waals surface area contributed by atoms with Gasteiger partial charge in [-0.05, 0) is 86.0 Å². The molecule has 2 heteroatoms. The van der Waals surface area contributed by atoms with E-state index in [1.165, 1.54) is 77.4 Å². The monoisotopic (exact) mass is 713 g/mol. The normalized spacial score (nSPS) is 13.0. The Morgan fingerprint density at radius 3 is 1.69 bits per heavy atom. The van der Waals surface area contributed by atoms with Crippen molar-refractivity contribution in [2.75, 3.05) is 0 Å². The summed E-state index contributed by atoms with van der Waals surface area (Å²) < 4.78 is 3.55. The quantitative estimate of drug-likeness (QED) is 0.167. The Balaban J connectivity index is 1.23. The number of hydrogen-bond donors (Lipinski definition) is 0. The van der Waals surface area contributed by atoms with Crippen molar-refractivity contribution in [1.82, 2.24) is 4.57 Å². The third-order valence-corrected chi connectivity index (χ3v) is 11.5. The first-order chi connectivity index (χ1) is 25.2. The van der Waals surface area contributed by atoms with Crippen molar-refractivity contribution in [3.8, 4) is 39.1 Å². The van der Waals surface area contributed by atoms with Gasteiger partial charge in [-0.1, -0.05) is 180 Å². The molecule has 8 aromatic carbocycles. The van der Waals surface area contributed by atoms with Gasteiger partial charge in [0.2, 0.25) is 0 Å². The van der Waals surface area contributed by atoms with Gasteiger partial charge >= 0.3 is 0 Å². The molecule has 0 unspecified atom stereocenters. The topological polar surface area (TPSA) is 4.93 Å². The van der Waals surface area contributed by atoms with E-state index >= 15 is 0 Å². The molecule has 0 aliphatic heterocycles. The van der Waals surface area contributed by atoms with Crippen molar-refractivity contribution in [2.24, 2.45) is 0 Å². The van der Waals surface area contributed by atoms with E-state index in [0.717, 1.165) is 10.2 Å². The third-order valence-electron chi connectivity index (χ3n) is 10.8. The van der Waals surface area contributed by atoms with Crippen LogP contribution < -0.4 is 0 Å². The van der Waals surface area contributed by atoms with E-state index in [2.05, 4.69) is 215 Å². The molecule has 0 saturated heterocycles. The number of para-hydroxylation sites is 1. The molecule has 0 N–H and O–H groups in total. The Morgan fingerprint density at radius 1 is 0.373 bits per heavy atom. The van der Waals surface area contributed by atoms with Gasteiger partial charge in [0.15, 0.2) is 0 Å². The average molecular weight is 715 g/mol. The highest BCUT2D eigenvalue weighted by molar-refractivity contribution is 9.10. The minimum Gasteiger partial charge on any atom is -0.309 e. The van der Waals surface area contributed by atoms with Crippen LogP contribution in [0.25, 0.3) is 60.9 Å². The Bertz CT molecular complexity index is 2720. The SMILES string of the molecule is Brc1ccccc1-c1ccccc1-c1ccc2c3ccccc3n(-c3ccc4c(c3)-c3ccccc3C4(c3ccccc3)c3ccccc3)c2c1. The Hall–Kier alpha value is -5.96. The average Bonchev–Trinajstić information content (AvgIpc) is 3.69. The predicted molar refractivity (Wildman–Crippen MR) is 217 cm³/mol. The summed E-state index contributed by atoms with van der Waals surface area (Å²) in [5, 5.41) is 2.50. The lowest BCUT2D eigenvalue weighted by Gasteiger charge is -2.33. The highest BCUT2D eigenvalue weighted by Gasteiger charge is 2.46. The standard InChI is InChI=1S/C49H32BrN/c50-46-25-13-10-22-40(46)38-20-8-7-19-37(38)33-27-29-42-41-23-11-14-26-47(41)51(48(42)31-33)36-28-30-45-43(32-36)39-21-9-12-24-44(39)49(45,34-15-3-1-4-16-34)35-17-5-2-6-18-35/h1-32H. The Morgan fingerprint density at radius 2 is 0.941 bits per heavy atom. The van der Waals surface area contributed by atoms with Crippen LogP contribution in [0, 0.1) is 0 Å². The van der Waals surface area contributed by atoms with Crippen LogP contribution >= 0.6 is 15.9 Å². The van der Waals surface area contributed by atoms with Crippen LogP contribution in [0.4, 0.5) is 0 Å². The molecular formula is C49H32BrN. The third kappa shape index (κ3) is 4.46. The number of nitrogens with zero attached hydrogens (tertiary/aromatic N) is 1. The van der Waals surface area contributed by atoms with E-state index in [-0.39, 0.29) is 0 Å². The van der Waals surface area contributed by atoms with Gasteiger partial charge in [0.25, 0.3) is 0 Å². The van der Waals surface area contributed by atoms with Crippen LogP contribution in [0.5, 0.6) is 0 Å². The van der Waals surface area contributed by atoms with Crippen molar-refractivity contribution in [1.29, 1.82) is 0 Å². The molecule has 10 rings (SSSR count). The molecule has 0 radical (unpaired) electrons. The van der Waals surface area contributed by atoms with Gasteiger partial charge in [-0.15, -0.1) is 0 Å². The zero-order chi connectivity index (χ0) is 33.9. The fourth-order valence-electron chi connectivity index (χ4n) is 8.64. The van der Waals surface area contributed by atoms with Crippen molar-refractivity contribution in [3.63, 3.8) is 0 Å². The van der Waals surface area contributed by atoms with E-state index in [4.69, 9.17) is 0 Å². The van der Waals surface area contributed by atoms with E-state index in [1.54, 1.807) is 0 Å². The fraction of sp³-hybridized carbons (Fsp3) is 0.0204. The first kappa shape index (κ1) is 29.9. The van der Waals surface area contributed by atoms with Gasteiger partial charge in [-0.25, -0.2) is 0 Å². The second-order valence-corrected chi connectivity index (χ2v) is 14.2.